The standard InChI is InChI=1S/C23H23N3O4/c1-29-16-5-2-4-15(12-16)22-24-21(25-30-22)18-6-3-7-19-17(18)8-9-23(19)13-20(28)26(14-23)10-11-27/h2-7,12,27H,8-11,13-14H2,1H3. The molecule has 5 rings (SSSR count). The number of carbonyl (C=O) groups is 1. The van der Waals surface area contributed by atoms with Crippen LogP contribution in [0.1, 0.15) is 24.0 Å². The van der Waals surface area contributed by atoms with Crippen molar-refractivity contribution in [3.05, 3.63) is 53.6 Å². The zero-order valence-corrected chi connectivity index (χ0v) is 16.8. The van der Waals surface area contributed by atoms with E-state index in [4.69, 9.17) is 9.26 Å². The van der Waals surface area contributed by atoms with Gasteiger partial charge in [-0.3, -0.25) is 4.79 Å². The summed E-state index contributed by atoms with van der Waals surface area (Å²) in [6.45, 7) is 1.04. The minimum atomic E-state index is -0.184. The van der Waals surface area contributed by atoms with Crippen LogP contribution in [0.5, 0.6) is 5.75 Å². The zero-order chi connectivity index (χ0) is 20.7. The number of methoxy groups -OCH3 is 1. The van der Waals surface area contributed by atoms with Crippen molar-refractivity contribution in [3.63, 3.8) is 0 Å². The highest BCUT2D eigenvalue weighted by Gasteiger charge is 2.48. The predicted octanol–water partition coefficient (Wildman–Crippen LogP) is 2.82. The van der Waals surface area contributed by atoms with Crippen LogP contribution < -0.4 is 4.74 Å². The summed E-state index contributed by atoms with van der Waals surface area (Å²) in [6, 6.07) is 13.7. The summed E-state index contributed by atoms with van der Waals surface area (Å²) < 4.78 is 10.8. The lowest BCUT2D eigenvalue weighted by molar-refractivity contribution is -0.128. The fraction of sp³-hybridized carbons (Fsp3) is 0.348. The number of amides is 1. The highest BCUT2D eigenvalue weighted by molar-refractivity contribution is 5.82. The minimum Gasteiger partial charge on any atom is -0.497 e. The number of fused-ring (bicyclic) bond motifs is 2. The van der Waals surface area contributed by atoms with Gasteiger partial charge in [0, 0.05) is 36.1 Å². The van der Waals surface area contributed by atoms with E-state index in [1.54, 1.807) is 12.0 Å². The molecule has 2 aromatic carbocycles. The summed E-state index contributed by atoms with van der Waals surface area (Å²) in [7, 11) is 1.62. The Hall–Kier alpha value is -3.19. The van der Waals surface area contributed by atoms with Crippen molar-refractivity contribution in [2.75, 3.05) is 26.8 Å². The van der Waals surface area contributed by atoms with Crippen LogP contribution in [0, 0.1) is 0 Å². The molecule has 1 amide bonds. The Morgan fingerprint density at radius 1 is 1.27 bits per heavy atom. The topological polar surface area (TPSA) is 88.7 Å². The number of hydrogen-bond donors (Lipinski definition) is 1. The van der Waals surface area contributed by atoms with Gasteiger partial charge in [-0.05, 0) is 42.2 Å². The van der Waals surface area contributed by atoms with Crippen LogP contribution >= 0.6 is 0 Å². The van der Waals surface area contributed by atoms with Crippen LogP contribution in [-0.2, 0) is 16.6 Å². The normalized spacial score (nSPS) is 20.2. The number of likely N-dealkylation sites (tertiary alicyclic amines) is 1. The van der Waals surface area contributed by atoms with Crippen molar-refractivity contribution in [1.82, 2.24) is 15.0 Å². The molecule has 154 valence electrons. The summed E-state index contributed by atoms with van der Waals surface area (Å²) in [5, 5.41) is 13.5. The molecular formula is C23H23N3O4. The second-order valence-corrected chi connectivity index (χ2v) is 7.98. The maximum atomic E-state index is 12.5. The van der Waals surface area contributed by atoms with Gasteiger partial charge in [0.2, 0.25) is 11.7 Å². The van der Waals surface area contributed by atoms with Crippen LogP contribution in [-0.4, -0.2) is 52.9 Å². The molecule has 1 aromatic heterocycles. The molecule has 7 nitrogen and oxygen atoms in total. The van der Waals surface area contributed by atoms with Gasteiger partial charge in [0.05, 0.1) is 13.7 Å². The molecule has 7 heteroatoms. The minimum absolute atomic E-state index is 0.00930. The Labute approximate surface area is 174 Å². The molecule has 0 radical (unpaired) electrons. The number of nitrogens with zero attached hydrogens (tertiary/aromatic N) is 3. The van der Waals surface area contributed by atoms with Gasteiger partial charge in [-0.15, -0.1) is 0 Å². The van der Waals surface area contributed by atoms with E-state index < -0.39 is 0 Å². The predicted molar refractivity (Wildman–Crippen MR) is 110 cm³/mol. The fourth-order valence-electron chi connectivity index (χ4n) is 4.85. The van der Waals surface area contributed by atoms with Crippen molar-refractivity contribution in [3.8, 4) is 28.6 Å². The first-order valence-corrected chi connectivity index (χ1v) is 10.1. The lowest BCUT2D eigenvalue weighted by Crippen LogP contribution is -2.32. The molecule has 1 aliphatic heterocycles. The van der Waals surface area contributed by atoms with Gasteiger partial charge in [0.25, 0.3) is 5.89 Å². The molecule has 2 aliphatic rings. The van der Waals surface area contributed by atoms with E-state index >= 15 is 0 Å². The molecule has 0 saturated carbocycles. The summed E-state index contributed by atoms with van der Waals surface area (Å²) in [5.41, 5.74) is 3.96. The first-order chi connectivity index (χ1) is 14.6. The summed E-state index contributed by atoms with van der Waals surface area (Å²) >= 11 is 0. The van der Waals surface area contributed by atoms with Crippen LogP contribution in [0.3, 0.4) is 0 Å². The van der Waals surface area contributed by atoms with Crippen LogP contribution in [0.4, 0.5) is 0 Å². The molecule has 1 atom stereocenters. The van der Waals surface area contributed by atoms with E-state index in [1.165, 1.54) is 11.1 Å². The molecule has 0 bridgehead atoms. The summed E-state index contributed by atoms with van der Waals surface area (Å²) in [6.07, 6.45) is 2.27. The molecule has 1 unspecified atom stereocenters. The van der Waals surface area contributed by atoms with E-state index in [0.717, 1.165) is 29.7 Å². The lowest BCUT2D eigenvalue weighted by atomic mass is 9.80. The number of rotatable bonds is 5. The number of benzene rings is 2. The molecule has 1 N–H and O–H groups in total. The number of carbonyl (C=O) groups excluding carboxylic acids is 1. The first-order valence-electron chi connectivity index (χ1n) is 10.1. The van der Waals surface area contributed by atoms with E-state index in [1.807, 2.05) is 36.4 Å². The van der Waals surface area contributed by atoms with Gasteiger partial charge in [-0.1, -0.05) is 29.4 Å². The third-order valence-corrected chi connectivity index (χ3v) is 6.29. The Bertz CT molecular complexity index is 1110. The van der Waals surface area contributed by atoms with Gasteiger partial charge in [0.1, 0.15) is 5.75 Å². The largest absolute Gasteiger partial charge is 0.497 e. The van der Waals surface area contributed by atoms with Crippen LogP contribution in [0.2, 0.25) is 0 Å². The van der Waals surface area contributed by atoms with E-state index in [0.29, 0.717) is 31.2 Å². The highest BCUT2D eigenvalue weighted by Crippen LogP contribution is 2.48. The van der Waals surface area contributed by atoms with Crippen molar-refractivity contribution < 1.29 is 19.2 Å². The van der Waals surface area contributed by atoms with Crippen LogP contribution in [0.15, 0.2) is 47.0 Å². The SMILES string of the molecule is COc1cccc(-c2nc(-c3cccc4c3CCC43CC(=O)N(CCO)C3)no2)c1. The van der Waals surface area contributed by atoms with Crippen molar-refractivity contribution >= 4 is 5.91 Å². The van der Waals surface area contributed by atoms with Gasteiger partial charge >= 0.3 is 0 Å². The van der Waals surface area contributed by atoms with E-state index in [-0.39, 0.29) is 17.9 Å². The Balaban J connectivity index is 1.49. The monoisotopic (exact) mass is 405 g/mol. The quantitative estimate of drug-likeness (QED) is 0.702. The van der Waals surface area contributed by atoms with Crippen LogP contribution in [0.25, 0.3) is 22.8 Å². The van der Waals surface area contributed by atoms with E-state index in [9.17, 15) is 9.90 Å². The average molecular weight is 405 g/mol. The van der Waals surface area contributed by atoms with E-state index in [2.05, 4.69) is 16.2 Å². The molecule has 1 fully saturated rings. The molecule has 1 saturated heterocycles. The van der Waals surface area contributed by atoms with Gasteiger partial charge in [0.15, 0.2) is 0 Å². The number of aliphatic hydroxyl groups excluding tert-OH is 1. The average Bonchev–Trinajstić information content (AvgIpc) is 3.47. The van der Waals surface area contributed by atoms with Crippen molar-refractivity contribution in [2.24, 2.45) is 0 Å². The third-order valence-electron chi connectivity index (χ3n) is 6.29. The molecule has 3 aromatic rings. The number of aliphatic hydroxyl groups is 1. The smallest absolute Gasteiger partial charge is 0.258 e. The summed E-state index contributed by atoms with van der Waals surface area (Å²) in [5.74, 6) is 1.84. The number of hydrogen-bond acceptors (Lipinski definition) is 6. The second kappa shape index (κ2) is 7.25. The summed E-state index contributed by atoms with van der Waals surface area (Å²) in [4.78, 5) is 18.9. The second-order valence-electron chi connectivity index (χ2n) is 7.98. The number of ether oxygens (including phenoxy) is 1. The Morgan fingerprint density at radius 2 is 2.13 bits per heavy atom. The molecular weight excluding hydrogens is 382 g/mol. The molecule has 2 heterocycles. The Morgan fingerprint density at radius 3 is 2.97 bits per heavy atom. The zero-order valence-electron chi connectivity index (χ0n) is 16.8. The Kier molecular flexibility index (Phi) is 4.55. The highest BCUT2D eigenvalue weighted by atomic mass is 16.5. The maximum Gasteiger partial charge on any atom is 0.258 e. The fourth-order valence-corrected chi connectivity index (χ4v) is 4.85. The van der Waals surface area contributed by atoms with Crippen molar-refractivity contribution in [1.29, 1.82) is 0 Å². The van der Waals surface area contributed by atoms with Gasteiger partial charge < -0.3 is 19.3 Å². The number of β-amino-alcohol motifs (C(OH)–C–C–N with tert-alkyl or cyclic N) is 1. The number of aromatic nitrogens is 2. The van der Waals surface area contributed by atoms with Crippen molar-refractivity contribution in [2.45, 2.75) is 24.7 Å². The first kappa shape index (κ1) is 18.8. The lowest BCUT2D eigenvalue weighted by Gasteiger charge is -2.24. The van der Waals surface area contributed by atoms with Gasteiger partial charge in [-0.25, -0.2) is 0 Å². The molecule has 1 aliphatic carbocycles. The molecule has 1 spiro atoms. The maximum absolute atomic E-state index is 12.5. The van der Waals surface area contributed by atoms with Gasteiger partial charge in [-0.2, -0.15) is 4.98 Å². The third kappa shape index (κ3) is 2.97. The molecule has 30 heavy (non-hydrogen) atoms.